The topological polar surface area (TPSA) is 105 Å². The van der Waals surface area contributed by atoms with Crippen molar-refractivity contribution >= 4 is 55.5 Å². The summed E-state index contributed by atoms with van der Waals surface area (Å²) in [5.74, 6) is -0.583. The number of nitrogens with zero attached hydrogens (tertiary/aromatic N) is 1. The van der Waals surface area contributed by atoms with Crippen molar-refractivity contribution in [1.29, 1.82) is 0 Å². The largest absolute Gasteiger partial charge is 0.298 e. The van der Waals surface area contributed by atoms with E-state index in [1.54, 1.807) is 30.3 Å². The summed E-state index contributed by atoms with van der Waals surface area (Å²) in [6.45, 7) is 1.40. The van der Waals surface area contributed by atoms with Crippen LogP contribution in [-0.4, -0.2) is 25.1 Å². The maximum atomic E-state index is 12.7. The number of hydrogen-bond donors (Lipinski definition) is 2. The third kappa shape index (κ3) is 5.51. The number of halogens is 1. The van der Waals surface area contributed by atoms with Gasteiger partial charge in [-0.05, 0) is 55.5 Å². The van der Waals surface area contributed by atoms with E-state index in [2.05, 4.69) is 15.0 Å². The summed E-state index contributed by atoms with van der Waals surface area (Å²) in [7, 11) is -3.90. The predicted molar refractivity (Wildman–Crippen MR) is 134 cm³/mol. The van der Waals surface area contributed by atoms with Crippen molar-refractivity contribution in [2.45, 2.75) is 11.8 Å². The van der Waals surface area contributed by atoms with Gasteiger partial charge in [0.05, 0.1) is 10.6 Å². The second-order valence-electron chi connectivity index (χ2n) is 7.27. The Bertz CT molecular complexity index is 1460. The van der Waals surface area contributed by atoms with E-state index >= 15 is 0 Å². The van der Waals surface area contributed by atoms with Crippen LogP contribution in [0.3, 0.4) is 0 Å². The first-order valence-electron chi connectivity index (χ1n) is 9.98. The SMILES string of the molecule is CC(=O)c1cccc(NS(=O)(=O)c2ccc(C(=O)Nc3nc(-c4ccc(Cl)cc4)cs3)cc2)c1. The number of hydrogen-bond acceptors (Lipinski definition) is 6. The van der Waals surface area contributed by atoms with Crippen molar-refractivity contribution in [3.63, 3.8) is 0 Å². The average molecular weight is 512 g/mol. The van der Waals surface area contributed by atoms with Gasteiger partial charge in [0.1, 0.15) is 0 Å². The minimum Gasteiger partial charge on any atom is -0.298 e. The number of carbonyl (C=O) groups excluding carboxylic acids is 2. The third-order valence-corrected chi connectivity index (χ3v) is 7.22. The summed E-state index contributed by atoms with van der Waals surface area (Å²) in [6, 6.07) is 18.9. The van der Waals surface area contributed by atoms with E-state index in [1.807, 2.05) is 17.5 Å². The fourth-order valence-electron chi connectivity index (χ4n) is 3.05. The number of benzene rings is 3. The number of Topliss-reactive ketones (excluding diaryl/α,β-unsaturated/α-hetero) is 1. The highest BCUT2D eigenvalue weighted by Gasteiger charge is 2.16. The van der Waals surface area contributed by atoms with Gasteiger partial charge in [-0.3, -0.25) is 19.6 Å². The van der Waals surface area contributed by atoms with E-state index in [0.717, 1.165) is 5.56 Å². The molecule has 0 aliphatic rings. The Morgan fingerprint density at radius 1 is 0.941 bits per heavy atom. The molecule has 0 fully saturated rings. The predicted octanol–water partition coefficient (Wildman–Crippen LogP) is 5.72. The van der Waals surface area contributed by atoms with Crippen molar-refractivity contribution in [1.82, 2.24) is 4.98 Å². The minimum absolute atomic E-state index is 0.0171. The van der Waals surface area contributed by atoms with E-state index in [1.165, 1.54) is 48.6 Å². The molecule has 4 rings (SSSR count). The van der Waals surface area contributed by atoms with Gasteiger partial charge in [-0.25, -0.2) is 13.4 Å². The van der Waals surface area contributed by atoms with Crippen LogP contribution in [0.5, 0.6) is 0 Å². The van der Waals surface area contributed by atoms with Gasteiger partial charge in [0.2, 0.25) is 0 Å². The highest BCUT2D eigenvalue weighted by Crippen LogP contribution is 2.26. The molecule has 0 unspecified atom stereocenters. The number of carbonyl (C=O) groups is 2. The van der Waals surface area contributed by atoms with Gasteiger partial charge in [0.25, 0.3) is 15.9 Å². The Kier molecular flexibility index (Phi) is 6.78. The number of aromatic nitrogens is 1. The summed E-state index contributed by atoms with van der Waals surface area (Å²) in [5.41, 5.74) is 2.53. The molecule has 0 radical (unpaired) electrons. The molecule has 4 aromatic rings. The summed E-state index contributed by atoms with van der Waals surface area (Å²) in [6.07, 6.45) is 0. The van der Waals surface area contributed by atoms with E-state index in [9.17, 15) is 18.0 Å². The molecule has 0 atom stereocenters. The molecule has 1 amide bonds. The van der Waals surface area contributed by atoms with Gasteiger partial charge in [-0.2, -0.15) is 0 Å². The number of amides is 1. The molecule has 2 N–H and O–H groups in total. The summed E-state index contributed by atoms with van der Waals surface area (Å²) in [4.78, 5) is 28.5. The zero-order valence-electron chi connectivity index (χ0n) is 17.8. The molecule has 34 heavy (non-hydrogen) atoms. The van der Waals surface area contributed by atoms with Gasteiger partial charge < -0.3 is 0 Å². The fourth-order valence-corrected chi connectivity index (χ4v) is 4.95. The van der Waals surface area contributed by atoms with Crippen molar-refractivity contribution in [3.8, 4) is 11.3 Å². The maximum Gasteiger partial charge on any atom is 0.261 e. The van der Waals surface area contributed by atoms with Gasteiger partial charge in [0.15, 0.2) is 10.9 Å². The first-order valence-corrected chi connectivity index (χ1v) is 12.7. The Hall–Kier alpha value is -3.53. The van der Waals surface area contributed by atoms with Crippen LogP contribution >= 0.6 is 22.9 Å². The van der Waals surface area contributed by atoms with E-state index in [0.29, 0.717) is 21.4 Å². The lowest BCUT2D eigenvalue weighted by molar-refractivity contribution is 0.101. The summed E-state index contributed by atoms with van der Waals surface area (Å²) in [5, 5.41) is 5.58. The number of rotatable bonds is 7. The Morgan fingerprint density at radius 2 is 1.65 bits per heavy atom. The van der Waals surface area contributed by atoms with Gasteiger partial charge in [0, 0.05) is 32.8 Å². The second-order valence-corrected chi connectivity index (χ2v) is 10.2. The zero-order valence-corrected chi connectivity index (χ0v) is 20.2. The summed E-state index contributed by atoms with van der Waals surface area (Å²) < 4.78 is 27.8. The molecular weight excluding hydrogens is 494 g/mol. The molecule has 7 nitrogen and oxygen atoms in total. The van der Waals surface area contributed by atoms with Gasteiger partial charge in [-0.15, -0.1) is 11.3 Å². The highest BCUT2D eigenvalue weighted by molar-refractivity contribution is 7.92. The Labute approximate surface area is 205 Å². The normalized spacial score (nSPS) is 11.1. The highest BCUT2D eigenvalue weighted by atomic mass is 35.5. The Morgan fingerprint density at radius 3 is 2.32 bits per heavy atom. The van der Waals surface area contributed by atoms with Crippen LogP contribution < -0.4 is 10.0 Å². The third-order valence-electron chi connectivity index (χ3n) is 4.81. The number of sulfonamides is 1. The Balaban J connectivity index is 1.45. The molecular formula is C24H18ClN3O4S2. The number of thiazole rings is 1. The molecule has 0 saturated heterocycles. The van der Waals surface area contributed by atoms with Crippen molar-refractivity contribution in [3.05, 3.63) is 94.3 Å². The van der Waals surface area contributed by atoms with Crippen LogP contribution in [0.1, 0.15) is 27.6 Å². The van der Waals surface area contributed by atoms with Crippen LogP contribution in [0.25, 0.3) is 11.3 Å². The van der Waals surface area contributed by atoms with Crippen molar-refractivity contribution < 1.29 is 18.0 Å². The van der Waals surface area contributed by atoms with Crippen LogP contribution in [0.4, 0.5) is 10.8 Å². The van der Waals surface area contributed by atoms with E-state index in [4.69, 9.17) is 11.6 Å². The van der Waals surface area contributed by atoms with E-state index in [-0.39, 0.29) is 21.9 Å². The molecule has 0 aliphatic carbocycles. The number of nitrogens with one attached hydrogen (secondary N) is 2. The lowest BCUT2D eigenvalue weighted by Gasteiger charge is -2.09. The van der Waals surface area contributed by atoms with Gasteiger partial charge in [-0.1, -0.05) is 35.9 Å². The molecule has 0 spiro atoms. The number of ketones is 1. The molecule has 10 heteroatoms. The van der Waals surface area contributed by atoms with Crippen molar-refractivity contribution in [2.75, 3.05) is 10.0 Å². The fraction of sp³-hybridized carbons (Fsp3) is 0.0417. The second kappa shape index (κ2) is 9.76. The molecule has 1 heterocycles. The first kappa shape index (κ1) is 23.6. The minimum atomic E-state index is -3.90. The van der Waals surface area contributed by atoms with Gasteiger partial charge >= 0.3 is 0 Å². The quantitative estimate of drug-likeness (QED) is 0.309. The average Bonchev–Trinajstić information content (AvgIpc) is 3.28. The summed E-state index contributed by atoms with van der Waals surface area (Å²) >= 11 is 7.19. The number of anilines is 2. The lowest BCUT2D eigenvalue weighted by Crippen LogP contribution is -2.15. The van der Waals surface area contributed by atoms with Crippen LogP contribution in [0.15, 0.2) is 83.1 Å². The van der Waals surface area contributed by atoms with Crippen LogP contribution in [-0.2, 0) is 10.0 Å². The van der Waals surface area contributed by atoms with Crippen molar-refractivity contribution in [2.24, 2.45) is 0 Å². The molecule has 172 valence electrons. The molecule has 0 saturated carbocycles. The standard InChI is InChI=1S/C24H18ClN3O4S2/c1-15(29)18-3-2-4-20(13-18)28-34(31,32)21-11-7-17(8-12-21)23(30)27-24-26-22(14-33-24)16-5-9-19(25)10-6-16/h2-14,28H,1H3,(H,26,27,30). The molecule has 0 aliphatic heterocycles. The zero-order chi connectivity index (χ0) is 24.3. The van der Waals surface area contributed by atoms with Crippen LogP contribution in [0.2, 0.25) is 5.02 Å². The van der Waals surface area contributed by atoms with E-state index < -0.39 is 15.9 Å². The van der Waals surface area contributed by atoms with Crippen LogP contribution in [0, 0.1) is 0 Å². The molecule has 3 aromatic carbocycles. The lowest BCUT2D eigenvalue weighted by atomic mass is 10.1. The monoisotopic (exact) mass is 511 g/mol. The smallest absolute Gasteiger partial charge is 0.261 e. The molecule has 1 aromatic heterocycles. The maximum absolute atomic E-state index is 12.7. The first-order chi connectivity index (χ1) is 16.2. The molecule has 0 bridgehead atoms.